The van der Waals surface area contributed by atoms with E-state index in [4.69, 9.17) is 17.3 Å². The Morgan fingerprint density at radius 3 is 2.74 bits per heavy atom. The number of nitrogens with two attached hydrogens (primary N) is 1. The molecule has 1 heterocycles. The van der Waals surface area contributed by atoms with Gasteiger partial charge in [0.15, 0.2) is 0 Å². The maximum atomic E-state index is 13.4. The zero-order valence-electron chi connectivity index (χ0n) is 11.0. The van der Waals surface area contributed by atoms with Crippen molar-refractivity contribution < 1.29 is 4.39 Å². The Morgan fingerprint density at radius 1 is 1.16 bits per heavy atom. The van der Waals surface area contributed by atoms with Crippen LogP contribution in [0, 0.1) is 11.7 Å². The molecule has 0 unspecified atom stereocenters. The molecule has 1 aliphatic carbocycles. The van der Waals surface area contributed by atoms with Crippen molar-refractivity contribution in [3.63, 3.8) is 0 Å². The summed E-state index contributed by atoms with van der Waals surface area (Å²) in [5.74, 6) is 0.339. The van der Waals surface area contributed by atoms with E-state index in [-0.39, 0.29) is 5.02 Å². The molecule has 2 N–H and O–H groups in total. The zero-order chi connectivity index (χ0) is 13.4. The van der Waals surface area contributed by atoms with Crippen molar-refractivity contribution >= 4 is 23.0 Å². The average molecular weight is 283 g/mol. The summed E-state index contributed by atoms with van der Waals surface area (Å²) in [4.78, 5) is 2.37. The highest BCUT2D eigenvalue weighted by atomic mass is 35.5. The number of fused-ring (bicyclic) bond motifs is 1. The SMILES string of the molecule is Nc1cc(F)c(Cl)cc1N1CCC[C@H]2CCCC[C@H]21. The maximum Gasteiger partial charge on any atom is 0.143 e. The van der Waals surface area contributed by atoms with Crippen molar-refractivity contribution in [2.75, 3.05) is 17.2 Å². The molecule has 2 nitrogen and oxygen atoms in total. The Bertz CT molecular complexity index is 475. The van der Waals surface area contributed by atoms with Crippen LogP contribution in [0.15, 0.2) is 12.1 Å². The van der Waals surface area contributed by atoms with E-state index in [1.165, 1.54) is 44.6 Å². The molecule has 0 aromatic heterocycles. The van der Waals surface area contributed by atoms with E-state index in [2.05, 4.69) is 4.90 Å². The Hall–Kier alpha value is -0.960. The molecule has 2 atom stereocenters. The van der Waals surface area contributed by atoms with Crippen LogP contribution in [0.3, 0.4) is 0 Å². The molecule has 1 saturated carbocycles. The average Bonchev–Trinajstić information content (AvgIpc) is 2.42. The van der Waals surface area contributed by atoms with Crippen molar-refractivity contribution in [2.24, 2.45) is 5.92 Å². The summed E-state index contributed by atoms with van der Waals surface area (Å²) >= 11 is 5.92. The molecule has 1 aliphatic heterocycles. The van der Waals surface area contributed by atoms with Crippen LogP contribution in [-0.2, 0) is 0 Å². The van der Waals surface area contributed by atoms with Crippen LogP contribution in [0.1, 0.15) is 38.5 Å². The van der Waals surface area contributed by atoms with E-state index in [0.29, 0.717) is 11.7 Å². The third-order valence-corrected chi connectivity index (χ3v) is 4.91. The van der Waals surface area contributed by atoms with Gasteiger partial charge in [0.1, 0.15) is 5.82 Å². The van der Waals surface area contributed by atoms with Crippen molar-refractivity contribution in [3.05, 3.63) is 23.0 Å². The van der Waals surface area contributed by atoms with Gasteiger partial charge in [-0.2, -0.15) is 0 Å². The summed E-state index contributed by atoms with van der Waals surface area (Å²) in [6.07, 6.45) is 7.67. The molecule has 3 rings (SSSR count). The first-order chi connectivity index (χ1) is 9.16. The van der Waals surface area contributed by atoms with Crippen LogP contribution in [0.4, 0.5) is 15.8 Å². The van der Waals surface area contributed by atoms with Gasteiger partial charge >= 0.3 is 0 Å². The topological polar surface area (TPSA) is 29.3 Å². The first-order valence-electron chi connectivity index (χ1n) is 7.18. The zero-order valence-corrected chi connectivity index (χ0v) is 11.8. The van der Waals surface area contributed by atoms with Crippen LogP contribution in [-0.4, -0.2) is 12.6 Å². The van der Waals surface area contributed by atoms with Crippen molar-refractivity contribution in [2.45, 2.75) is 44.6 Å². The minimum absolute atomic E-state index is 0.169. The minimum atomic E-state index is -0.430. The van der Waals surface area contributed by atoms with Crippen LogP contribution in [0.25, 0.3) is 0 Å². The lowest BCUT2D eigenvalue weighted by molar-refractivity contribution is 0.244. The van der Waals surface area contributed by atoms with Crippen molar-refractivity contribution in [1.29, 1.82) is 0 Å². The first-order valence-corrected chi connectivity index (χ1v) is 7.56. The fourth-order valence-electron chi connectivity index (χ4n) is 3.72. The monoisotopic (exact) mass is 282 g/mol. The number of hydrogen-bond acceptors (Lipinski definition) is 2. The first kappa shape index (κ1) is 13.0. The highest BCUT2D eigenvalue weighted by Gasteiger charge is 2.34. The van der Waals surface area contributed by atoms with Gasteiger partial charge in [-0.25, -0.2) is 4.39 Å². The van der Waals surface area contributed by atoms with E-state index in [0.717, 1.165) is 18.2 Å². The Kier molecular flexibility index (Phi) is 3.57. The molecule has 1 saturated heterocycles. The highest BCUT2D eigenvalue weighted by molar-refractivity contribution is 6.31. The number of rotatable bonds is 1. The fraction of sp³-hybridized carbons (Fsp3) is 0.600. The van der Waals surface area contributed by atoms with Gasteiger partial charge in [-0.15, -0.1) is 0 Å². The van der Waals surface area contributed by atoms with Crippen LogP contribution < -0.4 is 10.6 Å². The summed E-state index contributed by atoms with van der Waals surface area (Å²) < 4.78 is 13.4. The highest BCUT2D eigenvalue weighted by Crippen LogP contribution is 2.40. The van der Waals surface area contributed by atoms with Gasteiger partial charge in [-0.1, -0.05) is 24.4 Å². The van der Waals surface area contributed by atoms with E-state index in [1.54, 1.807) is 6.07 Å². The summed E-state index contributed by atoms with van der Waals surface area (Å²) in [6.45, 7) is 1.01. The number of nitrogen functional groups attached to an aromatic ring is 1. The third-order valence-electron chi connectivity index (χ3n) is 4.62. The number of halogens is 2. The summed E-state index contributed by atoms with van der Waals surface area (Å²) in [7, 11) is 0. The predicted molar refractivity (Wildman–Crippen MR) is 78.1 cm³/mol. The summed E-state index contributed by atoms with van der Waals surface area (Å²) in [5.41, 5.74) is 7.43. The lowest BCUT2D eigenvalue weighted by Gasteiger charge is -2.45. The molecule has 2 fully saturated rings. The lowest BCUT2D eigenvalue weighted by atomic mass is 9.78. The summed E-state index contributed by atoms with van der Waals surface area (Å²) in [5, 5.41) is 0.169. The Balaban J connectivity index is 1.93. The molecule has 0 amide bonds. The van der Waals surface area contributed by atoms with Gasteiger partial charge in [0, 0.05) is 18.7 Å². The fourth-order valence-corrected chi connectivity index (χ4v) is 3.88. The molecule has 1 aromatic carbocycles. The number of benzene rings is 1. The minimum Gasteiger partial charge on any atom is -0.397 e. The van der Waals surface area contributed by atoms with Gasteiger partial charge < -0.3 is 10.6 Å². The Morgan fingerprint density at radius 2 is 1.89 bits per heavy atom. The molecule has 2 aliphatic rings. The molecular weight excluding hydrogens is 263 g/mol. The molecule has 1 aromatic rings. The smallest absolute Gasteiger partial charge is 0.143 e. The number of nitrogens with zero attached hydrogens (tertiary/aromatic N) is 1. The van der Waals surface area contributed by atoms with Gasteiger partial charge in [0.05, 0.1) is 16.4 Å². The second-order valence-electron chi connectivity index (χ2n) is 5.77. The molecular formula is C15H20ClFN2. The van der Waals surface area contributed by atoms with Crippen LogP contribution in [0.5, 0.6) is 0 Å². The quantitative estimate of drug-likeness (QED) is 0.782. The maximum absolute atomic E-state index is 13.4. The number of anilines is 2. The standard InChI is InChI=1S/C15H20ClFN2/c16-11-8-15(13(18)9-12(11)17)19-7-3-5-10-4-1-2-6-14(10)19/h8-10,14H,1-7,18H2/t10-,14-/m1/s1. The molecule has 0 bridgehead atoms. The van der Waals surface area contributed by atoms with Gasteiger partial charge in [0.2, 0.25) is 0 Å². The predicted octanol–water partition coefficient (Wildman–Crippen LogP) is 4.22. The number of hydrogen-bond donors (Lipinski definition) is 1. The van der Waals surface area contributed by atoms with Gasteiger partial charge in [-0.05, 0) is 37.7 Å². The number of piperidine rings is 1. The summed E-state index contributed by atoms with van der Waals surface area (Å²) in [6, 6.07) is 3.61. The van der Waals surface area contributed by atoms with Gasteiger partial charge in [-0.3, -0.25) is 0 Å². The van der Waals surface area contributed by atoms with E-state index < -0.39 is 5.82 Å². The van der Waals surface area contributed by atoms with Crippen LogP contribution >= 0.6 is 11.6 Å². The normalized spacial score (nSPS) is 27.2. The largest absolute Gasteiger partial charge is 0.397 e. The second kappa shape index (κ2) is 5.20. The third kappa shape index (κ3) is 2.40. The van der Waals surface area contributed by atoms with Crippen LogP contribution in [0.2, 0.25) is 5.02 Å². The van der Waals surface area contributed by atoms with Crippen molar-refractivity contribution in [1.82, 2.24) is 0 Å². The van der Waals surface area contributed by atoms with E-state index >= 15 is 0 Å². The van der Waals surface area contributed by atoms with Crippen molar-refractivity contribution in [3.8, 4) is 0 Å². The lowest BCUT2D eigenvalue weighted by Crippen LogP contribution is -2.47. The molecule has 104 valence electrons. The Labute approximate surface area is 118 Å². The van der Waals surface area contributed by atoms with E-state index in [9.17, 15) is 4.39 Å². The second-order valence-corrected chi connectivity index (χ2v) is 6.18. The van der Waals surface area contributed by atoms with Gasteiger partial charge in [0.25, 0.3) is 0 Å². The molecule has 0 spiro atoms. The molecule has 4 heteroatoms. The van der Waals surface area contributed by atoms with E-state index in [1.807, 2.05) is 0 Å². The molecule has 0 radical (unpaired) electrons. The molecule has 19 heavy (non-hydrogen) atoms.